The Morgan fingerprint density at radius 2 is 1.80 bits per heavy atom. The zero-order valence-electron chi connectivity index (χ0n) is 18.8. The summed E-state index contributed by atoms with van der Waals surface area (Å²) in [6.45, 7) is 14.0. The Morgan fingerprint density at radius 3 is 2.40 bits per heavy atom. The number of likely N-dealkylation sites (tertiary alicyclic amines) is 1. The fourth-order valence-electron chi connectivity index (χ4n) is 3.58. The monoisotopic (exact) mass is 420 g/mol. The Balaban J connectivity index is 2.12. The van der Waals surface area contributed by atoms with Crippen LogP contribution in [-0.4, -0.2) is 84.5 Å². The number of carbonyl (C=O) groups is 2. The normalized spacial score (nSPS) is 21.0. The minimum absolute atomic E-state index is 0.0190. The number of hydrogen-bond donors (Lipinski definition) is 0. The third-order valence-corrected chi connectivity index (χ3v) is 5.00. The second-order valence-corrected chi connectivity index (χ2v) is 8.63. The summed E-state index contributed by atoms with van der Waals surface area (Å²) in [5, 5.41) is 0. The van der Waals surface area contributed by atoms with Crippen LogP contribution in [0.5, 0.6) is 0 Å². The number of amides is 3. The van der Waals surface area contributed by atoms with Crippen LogP contribution in [0, 0.1) is 0 Å². The van der Waals surface area contributed by atoms with Crippen LogP contribution in [0.1, 0.15) is 47.0 Å². The van der Waals surface area contributed by atoms with Gasteiger partial charge in [-0.15, -0.1) is 0 Å². The van der Waals surface area contributed by atoms with E-state index in [0.717, 1.165) is 32.4 Å². The number of nitrogens with zero attached hydrogens (tertiary/aromatic N) is 4. The lowest BCUT2D eigenvalue weighted by Crippen LogP contribution is -2.61. The number of rotatable bonds is 5. The molecule has 2 rings (SSSR count). The molecule has 168 valence electrons. The number of aliphatic imine (C=N–C) groups is 1. The van der Waals surface area contributed by atoms with Crippen LogP contribution < -0.4 is 0 Å². The SMILES string of the molecule is C=N/C=C(\C=C/C)OCC1CN(C(=O)OC(C)(C)C)CCN1C(=O)N1CCCCC1. The summed E-state index contributed by atoms with van der Waals surface area (Å²) < 4.78 is 11.4. The number of carbonyl (C=O) groups excluding carboxylic acids is 2. The summed E-state index contributed by atoms with van der Waals surface area (Å²) in [4.78, 5) is 34.9. The molecule has 1 atom stereocenters. The van der Waals surface area contributed by atoms with E-state index < -0.39 is 5.60 Å². The summed E-state index contributed by atoms with van der Waals surface area (Å²) in [7, 11) is 0. The van der Waals surface area contributed by atoms with Crippen molar-refractivity contribution in [3.05, 3.63) is 24.1 Å². The third-order valence-electron chi connectivity index (χ3n) is 5.00. The maximum Gasteiger partial charge on any atom is 0.410 e. The van der Waals surface area contributed by atoms with Crippen molar-refractivity contribution in [2.24, 2.45) is 4.99 Å². The van der Waals surface area contributed by atoms with Gasteiger partial charge in [0.15, 0.2) is 0 Å². The maximum absolute atomic E-state index is 13.2. The molecule has 0 aromatic carbocycles. The van der Waals surface area contributed by atoms with Crippen molar-refractivity contribution in [2.45, 2.75) is 58.6 Å². The summed E-state index contributed by atoms with van der Waals surface area (Å²) in [5.41, 5.74) is -0.568. The first-order valence-corrected chi connectivity index (χ1v) is 10.7. The van der Waals surface area contributed by atoms with Crippen LogP contribution in [0.3, 0.4) is 0 Å². The molecule has 0 aliphatic carbocycles. The quantitative estimate of drug-likeness (QED) is 0.387. The second kappa shape index (κ2) is 11.0. The van der Waals surface area contributed by atoms with E-state index in [0.29, 0.717) is 25.4 Å². The molecule has 2 saturated heterocycles. The molecule has 0 saturated carbocycles. The maximum atomic E-state index is 13.2. The molecule has 0 aromatic heterocycles. The van der Waals surface area contributed by atoms with Gasteiger partial charge in [0.2, 0.25) is 0 Å². The molecule has 1 unspecified atom stereocenters. The fourth-order valence-corrected chi connectivity index (χ4v) is 3.58. The van der Waals surface area contributed by atoms with Crippen molar-refractivity contribution in [3.63, 3.8) is 0 Å². The first kappa shape index (κ1) is 23.8. The molecule has 0 spiro atoms. The van der Waals surface area contributed by atoms with E-state index >= 15 is 0 Å². The topological polar surface area (TPSA) is 74.7 Å². The van der Waals surface area contributed by atoms with Gasteiger partial charge in [-0.05, 0) is 59.8 Å². The molecule has 0 radical (unpaired) electrons. The molecular formula is C22H36N4O4. The zero-order chi connectivity index (χ0) is 22.1. The number of ether oxygens (including phenoxy) is 2. The lowest BCUT2D eigenvalue weighted by molar-refractivity contribution is -0.00247. The van der Waals surface area contributed by atoms with Gasteiger partial charge in [0.25, 0.3) is 0 Å². The summed E-state index contributed by atoms with van der Waals surface area (Å²) >= 11 is 0. The van der Waals surface area contributed by atoms with Crippen LogP contribution in [0.4, 0.5) is 9.59 Å². The highest BCUT2D eigenvalue weighted by atomic mass is 16.6. The Kier molecular flexibility index (Phi) is 8.74. The molecule has 2 aliphatic heterocycles. The molecule has 2 fully saturated rings. The van der Waals surface area contributed by atoms with Gasteiger partial charge in [-0.1, -0.05) is 6.08 Å². The smallest absolute Gasteiger partial charge is 0.410 e. The number of urea groups is 1. The van der Waals surface area contributed by atoms with Crippen LogP contribution >= 0.6 is 0 Å². The van der Waals surface area contributed by atoms with Gasteiger partial charge in [0.05, 0.1) is 12.2 Å². The van der Waals surface area contributed by atoms with Crippen molar-refractivity contribution in [1.29, 1.82) is 0 Å². The molecule has 2 heterocycles. The summed E-state index contributed by atoms with van der Waals surface area (Å²) in [6, 6.07) is -0.260. The highest BCUT2D eigenvalue weighted by Gasteiger charge is 2.36. The highest BCUT2D eigenvalue weighted by molar-refractivity contribution is 5.76. The fraction of sp³-hybridized carbons (Fsp3) is 0.682. The number of piperidine rings is 1. The van der Waals surface area contributed by atoms with Gasteiger partial charge in [-0.25, -0.2) is 9.59 Å². The minimum atomic E-state index is -0.568. The van der Waals surface area contributed by atoms with E-state index in [1.807, 2.05) is 43.6 Å². The van der Waals surface area contributed by atoms with Crippen LogP contribution in [0.2, 0.25) is 0 Å². The highest BCUT2D eigenvalue weighted by Crippen LogP contribution is 2.20. The predicted octanol–water partition coefficient (Wildman–Crippen LogP) is 3.65. The van der Waals surface area contributed by atoms with Gasteiger partial charge in [0.1, 0.15) is 18.0 Å². The average molecular weight is 421 g/mol. The number of allylic oxidation sites excluding steroid dienone is 2. The number of piperazine rings is 1. The summed E-state index contributed by atoms with van der Waals surface area (Å²) in [6.07, 6.45) is 8.03. The Hall–Kier alpha value is -2.51. The van der Waals surface area contributed by atoms with Crippen molar-refractivity contribution in [1.82, 2.24) is 14.7 Å². The largest absolute Gasteiger partial charge is 0.490 e. The standard InChI is InChI=1S/C22H36N4O4/c1-6-10-19(15-23-5)29-17-18-16-25(21(28)30-22(2,3)4)13-14-26(18)20(27)24-11-8-7-9-12-24/h6,10,15,18H,5,7-9,11-14,16-17H2,1-4H3/b10-6-,19-15+. The molecule has 0 aromatic rings. The Morgan fingerprint density at radius 1 is 1.10 bits per heavy atom. The summed E-state index contributed by atoms with van der Waals surface area (Å²) in [5.74, 6) is 0.562. The van der Waals surface area contributed by atoms with E-state index in [9.17, 15) is 9.59 Å². The Bertz CT molecular complexity index is 663. The van der Waals surface area contributed by atoms with E-state index in [-0.39, 0.29) is 24.8 Å². The molecular weight excluding hydrogens is 384 g/mol. The van der Waals surface area contributed by atoms with E-state index in [4.69, 9.17) is 9.47 Å². The van der Waals surface area contributed by atoms with Crippen LogP contribution in [0.15, 0.2) is 29.1 Å². The molecule has 2 aliphatic rings. The molecule has 30 heavy (non-hydrogen) atoms. The Labute approximate surface area is 180 Å². The number of hydrogen-bond acceptors (Lipinski definition) is 5. The van der Waals surface area contributed by atoms with Gasteiger partial charge in [-0.3, -0.25) is 4.99 Å². The molecule has 8 nitrogen and oxygen atoms in total. The molecule has 0 N–H and O–H groups in total. The lowest BCUT2D eigenvalue weighted by atomic mass is 10.1. The van der Waals surface area contributed by atoms with Crippen LogP contribution in [-0.2, 0) is 9.47 Å². The van der Waals surface area contributed by atoms with Crippen LogP contribution in [0.25, 0.3) is 0 Å². The average Bonchev–Trinajstić information content (AvgIpc) is 2.71. The van der Waals surface area contributed by atoms with Crippen molar-refractivity contribution in [2.75, 3.05) is 39.3 Å². The van der Waals surface area contributed by atoms with Crippen molar-refractivity contribution < 1.29 is 19.1 Å². The second-order valence-electron chi connectivity index (χ2n) is 8.63. The minimum Gasteiger partial charge on any atom is -0.490 e. The third kappa shape index (κ3) is 7.07. The predicted molar refractivity (Wildman–Crippen MR) is 118 cm³/mol. The van der Waals surface area contributed by atoms with Gasteiger partial charge in [0, 0.05) is 32.7 Å². The lowest BCUT2D eigenvalue weighted by Gasteiger charge is -2.43. The van der Waals surface area contributed by atoms with E-state index in [2.05, 4.69) is 11.7 Å². The van der Waals surface area contributed by atoms with Gasteiger partial charge >= 0.3 is 12.1 Å². The first-order chi connectivity index (χ1) is 14.2. The molecule has 0 bridgehead atoms. The van der Waals surface area contributed by atoms with E-state index in [1.165, 1.54) is 6.20 Å². The first-order valence-electron chi connectivity index (χ1n) is 10.7. The molecule has 8 heteroatoms. The van der Waals surface area contributed by atoms with Crippen molar-refractivity contribution in [3.8, 4) is 0 Å². The van der Waals surface area contributed by atoms with Gasteiger partial charge < -0.3 is 24.2 Å². The van der Waals surface area contributed by atoms with Crippen molar-refractivity contribution >= 4 is 18.8 Å². The van der Waals surface area contributed by atoms with Gasteiger partial charge in [-0.2, -0.15) is 0 Å². The molecule has 3 amide bonds. The van der Waals surface area contributed by atoms with E-state index in [1.54, 1.807) is 11.0 Å². The zero-order valence-corrected chi connectivity index (χ0v) is 18.8.